The molecule has 1 heterocycles. The van der Waals surface area contributed by atoms with Crippen LogP contribution in [0.25, 0.3) is 11.1 Å². The quantitative estimate of drug-likeness (QED) is 0.420. The van der Waals surface area contributed by atoms with Crippen molar-refractivity contribution in [3.8, 4) is 11.1 Å². The SMILES string of the molecule is C[C@@H](O)[C@H](NC(=O)c1nonc1NC(=O)OCC1c2ccccc2-c2ccccc21)C(=O)O. The van der Waals surface area contributed by atoms with Crippen LogP contribution in [0.15, 0.2) is 53.2 Å². The molecule has 0 saturated heterocycles. The van der Waals surface area contributed by atoms with E-state index in [1.54, 1.807) is 0 Å². The van der Waals surface area contributed by atoms with Gasteiger partial charge in [-0.15, -0.1) is 0 Å². The number of amides is 2. The van der Waals surface area contributed by atoms with Crippen LogP contribution in [-0.4, -0.2) is 57.2 Å². The third-order valence-corrected chi connectivity index (χ3v) is 5.30. The molecule has 2 atom stereocenters. The zero-order chi connectivity index (χ0) is 23.5. The molecule has 0 fully saturated rings. The molecular weight excluding hydrogens is 432 g/mol. The van der Waals surface area contributed by atoms with Crippen molar-refractivity contribution in [2.75, 3.05) is 11.9 Å². The van der Waals surface area contributed by atoms with Gasteiger partial charge in [0, 0.05) is 5.92 Å². The Bertz CT molecular complexity index is 1160. The van der Waals surface area contributed by atoms with Gasteiger partial charge >= 0.3 is 12.1 Å². The minimum Gasteiger partial charge on any atom is -0.480 e. The second-order valence-electron chi connectivity index (χ2n) is 7.44. The van der Waals surface area contributed by atoms with Crippen LogP contribution in [0.3, 0.4) is 0 Å². The van der Waals surface area contributed by atoms with Gasteiger partial charge in [0.1, 0.15) is 6.61 Å². The molecular formula is C22H20N4O7. The molecule has 1 aliphatic rings. The van der Waals surface area contributed by atoms with Crippen LogP contribution in [0, 0.1) is 0 Å². The molecule has 0 unspecified atom stereocenters. The van der Waals surface area contributed by atoms with Gasteiger partial charge < -0.3 is 20.3 Å². The van der Waals surface area contributed by atoms with Crippen LogP contribution < -0.4 is 10.6 Å². The number of carbonyl (C=O) groups is 3. The standard InChI is InChI=1S/C22H20N4O7/c1-11(27)17(21(29)30)23-20(28)18-19(26-33-25-18)24-22(31)32-10-16-14-8-4-2-6-12(14)13-7-3-5-9-15(13)16/h2-9,11,16-17,27H,10H2,1H3,(H,23,28)(H,29,30)(H,24,26,31)/t11-,17+/m1/s1. The Morgan fingerprint density at radius 1 is 1.06 bits per heavy atom. The Balaban J connectivity index is 1.43. The number of hydrogen-bond acceptors (Lipinski definition) is 8. The first-order chi connectivity index (χ1) is 15.9. The summed E-state index contributed by atoms with van der Waals surface area (Å²) >= 11 is 0. The molecule has 0 bridgehead atoms. The van der Waals surface area contributed by atoms with Crippen molar-refractivity contribution < 1.29 is 34.0 Å². The summed E-state index contributed by atoms with van der Waals surface area (Å²) < 4.78 is 9.88. The molecule has 11 heteroatoms. The highest BCUT2D eigenvalue weighted by Crippen LogP contribution is 2.44. The van der Waals surface area contributed by atoms with E-state index < -0.39 is 35.8 Å². The van der Waals surface area contributed by atoms with Crippen LogP contribution in [0.2, 0.25) is 0 Å². The molecule has 4 N–H and O–H groups in total. The Morgan fingerprint density at radius 2 is 1.67 bits per heavy atom. The highest BCUT2D eigenvalue weighted by molar-refractivity contribution is 6.01. The predicted molar refractivity (Wildman–Crippen MR) is 114 cm³/mol. The number of benzene rings is 2. The lowest BCUT2D eigenvalue weighted by Gasteiger charge is -2.16. The Morgan fingerprint density at radius 3 is 2.24 bits per heavy atom. The van der Waals surface area contributed by atoms with Crippen molar-refractivity contribution in [2.45, 2.75) is 25.0 Å². The van der Waals surface area contributed by atoms with Gasteiger partial charge in [-0.05, 0) is 39.5 Å². The first-order valence-electron chi connectivity index (χ1n) is 10.0. The molecule has 3 aromatic rings. The smallest absolute Gasteiger partial charge is 0.412 e. The Hall–Kier alpha value is -4.25. The van der Waals surface area contributed by atoms with Crippen LogP contribution >= 0.6 is 0 Å². The zero-order valence-electron chi connectivity index (χ0n) is 17.4. The lowest BCUT2D eigenvalue weighted by Crippen LogP contribution is -2.47. The average Bonchev–Trinajstić information content (AvgIpc) is 3.38. The third-order valence-electron chi connectivity index (χ3n) is 5.30. The number of nitrogens with one attached hydrogen (secondary N) is 2. The molecule has 33 heavy (non-hydrogen) atoms. The molecule has 0 aliphatic heterocycles. The van der Waals surface area contributed by atoms with E-state index in [0.717, 1.165) is 22.3 Å². The van der Waals surface area contributed by atoms with Crippen LogP contribution in [0.1, 0.15) is 34.5 Å². The largest absolute Gasteiger partial charge is 0.480 e. The number of fused-ring (bicyclic) bond motifs is 3. The van der Waals surface area contributed by atoms with Gasteiger partial charge in [0.05, 0.1) is 6.10 Å². The van der Waals surface area contributed by atoms with Gasteiger partial charge in [-0.25, -0.2) is 14.2 Å². The number of carboxylic acid groups (broad SMARTS) is 1. The minimum atomic E-state index is -1.59. The molecule has 4 rings (SSSR count). The monoisotopic (exact) mass is 452 g/mol. The normalized spacial score (nSPS) is 14.0. The summed E-state index contributed by atoms with van der Waals surface area (Å²) in [6.45, 7) is 1.24. The van der Waals surface area contributed by atoms with E-state index in [2.05, 4.69) is 25.6 Å². The van der Waals surface area contributed by atoms with Crippen molar-refractivity contribution in [1.29, 1.82) is 0 Å². The number of rotatable bonds is 7. The maximum Gasteiger partial charge on any atom is 0.412 e. The molecule has 0 spiro atoms. The van der Waals surface area contributed by atoms with Crippen molar-refractivity contribution in [2.24, 2.45) is 0 Å². The summed E-state index contributed by atoms with van der Waals surface area (Å²) in [6.07, 6.45) is -2.27. The van der Waals surface area contributed by atoms with Crippen LogP contribution in [0.4, 0.5) is 10.6 Å². The number of ether oxygens (including phenoxy) is 1. The summed E-state index contributed by atoms with van der Waals surface area (Å²) in [5.41, 5.74) is 3.76. The fraction of sp³-hybridized carbons (Fsp3) is 0.227. The van der Waals surface area contributed by atoms with Crippen molar-refractivity contribution in [3.63, 3.8) is 0 Å². The van der Waals surface area contributed by atoms with Gasteiger partial charge in [0.2, 0.25) is 11.5 Å². The van der Waals surface area contributed by atoms with Crippen LogP contribution in [-0.2, 0) is 9.53 Å². The summed E-state index contributed by atoms with van der Waals surface area (Å²) in [5, 5.41) is 29.8. The fourth-order valence-electron chi connectivity index (χ4n) is 3.75. The number of anilines is 1. The fourth-order valence-corrected chi connectivity index (χ4v) is 3.75. The third kappa shape index (κ3) is 4.39. The van der Waals surface area contributed by atoms with E-state index in [1.807, 2.05) is 48.5 Å². The number of carboxylic acids is 1. The van der Waals surface area contributed by atoms with Crippen molar-refractivity contribution >= 4 is 23.8 Å². The molecule has 170 valence electrons. The Labute approximate surface area is 187 Å². The first-order valence-corrected chi connectivity index (χ1v) is 10.0. The van der Waals surface area contributed by atoms with Gasteiger partial charge in [-0.3, -0.25) is 10.1 Å². The van der Waals surface area contributed by atoms with Gasteiger partial charge in [0.25, 0.3) is 5.91 Å². The summed E-state index contributed by atoms with van der Waals surface area (Å²) in [7, 11) is 0. The molecule has 1 aliphatic carbocycles. The second kappa shape index (κ2) is 9.09. The maximum absolute atomic E-state index is 12.4. The van der Waals surface area contributed by atoms with E-state index in [4.69, 9.17) is 9.84 Å². The average molecular weight is 452 g/mol. The van der Waals surface area contributed by atoms with Gasteiger partial charge in [-0.2, -0.15) is 0 Å². The number of carbonyl (C=O) groups excluding carboxylic acids is 2. The predicted octanol–water partition coefficient (Wildman–Crippen LogP) is 1.99. The topological polar surface area (TPSA) is 164 Å². The van der Waals surface area contributed by atoms with Gasteiger partial charge in [-0.1, -0.05) is 48.5 Å². The molecule has 0 saturated carbocycles. The number of aliphatic carboxylic acids is 1. The highest BCUT2D eigenvalue weighted by Gasteiger charge is 2.31. The number of aliphatic hydroxyl groups excluding tert-OH is 1. The molecule has 11 nitrogen and oxygen atoms in total. The molecule has 0 radical (unpaired) electrons. The number of hydrogen-bond donors (Lipinski definition) is 4. The maximum atomic E-state index is 12.4. The number of aliphatic hydroxyl groups is 1. The van der Waals surface area contributed by atoms with E-state index in [0.29, 0.717) is 0 Å². The lowest BCUT2D eigenvalue weighted by atomic mass is 9.98. The minimum absolute atomic E-state index is 0.0375. The molecule has 1 aromatic heterocycles. The highest BCUT2D eigenvalue weighted by atomic mass is 16.6. The molecule has 2 aromatic carbocycles. The number of aromatic nitrogens is 2. The van der Waals surface area contributed by atoms with E-state index in [9.17, 15) is 19.5 Å². The van der Waals surface area contributed by atoms with Gasteiger partial charge in [0.15, 0.2) is 6.04 Å². The zero-order valence-corrected chi connectivity index (χ0v) is 17.4. The Kier molecular flexibility index (Phi) is 6.05. The summed E-state index contributed by atoms with van der Waals surface area (Å²) in [6, 6.07) is 14.1. The lowest BCUT2D eigenvalue weighted by molar-refractivity contribution is -0.141. The van der Waals surface area contributed by atoms with E-state index >= 15 is 0 Å². The molecule has 2 amide bonds. The van der Waals surface area contributed by atoms with Crippen molar-refractivity contribution in [1.82, 2.24) is 15.6 Å². The van der Waals surface area contributed by atoms with E-state index in [-0.39, 0.29) is 18.3 Å². The second-order valence-corrected chi connectivity index (χ2v) is 7.44. The van der Waals surface area contributed by atoms with Crippen LogP contribution in [0.5, 0.6) is 0 Å². The van der Waals surface area contributed by atoms with E-state index in [1.165, 1.54) is 6.92 Å². The van der Waals surface area contributed by atoms with Crippen molar-refractivity contribution in [3.05, 3.63) is 65.4 Å². The number of nitrogens with zero attached hydrogens (tertiary/aromatic N) is 2. The first kappa shape index (κ1) is 22.0. The summed E-state index contributed by atoms with van der Waals surface area (Å²) in [5.74, 6) is -2.96. The summed E-state index contributed by atoms with van der Waals surface area (Å²) in [4.78, 5) is 35.9.